The molecule has 3 rings (SSSR count). The molecule has 0 amide bonds. The van der Waals surface area contributed by atoms with Crippen LogP contribution in [-0.4, -0.2) is 13.0 Å². The number of hydrogen-bond donors (Lipinski definition) is 1. The lowest BCUT2D eigenvalue weighted by molar-refractivity contribution is 0.318. The molecule has 1 fully saturated rings. The molecule has 0 atom stereocenters. The number of nitrogens with zero attached hydrogens (tertiary/aromatic N) is 1. The quantitative estimate of drug-likeness (QED) is 0.765. The van der Waals surface area contributed by atoms with E-state index in [2.05, 4.69) is 4.57 Å². The zero-order chi connectivity index (χ0) is 20.7. The van der Waals surface area contributed by atoms with E-state index in [9.17, 15) is 12.8 Å². The molecule has 1 aliphatic carbocycles. The highest BCUT2D eigenvalue weighted by atomic mass is 32.2. The smallest absolute Gasteiger partial charge is 0.239 e. The van der Waals surface area contributed by atoms with Gasteiger partial charge in [-0.25, -0.2) is 17.9 Å². The Bertz CT molecular complexity index is 965. The van der Waals surface area contributed by atoms with Crippen molar-refractivity contribution in [3.63, 3.8) is 0 Å². The van der Waals surface area contributed by atoms with Gasteiger partial charge in [0, 0.05) is 17.9 Å². The third kappa shape index (κ3) is 4.33. The molecule has 1 aromatic heterocycles. The molecule has 1 heterocycles. The summed E-state index contributed by atoms with van der Waals surface area (Å²) in [4.78, 5) is 0.153. The Morgan fingerprint density at radius 1 is 1.14 bits per heavy atom. The van der Waals surface area contributed by atoms with E-state index in [0.717, 1.165) is 30.6 Å². The van der Waals surface area contributed by atoms with Gasteiger partial charge in [0.2, 0.25) is 10.0 Å². The van der Waals surface area contributed by atoms with Gasteiger partial charge >= 0.3 is 0 Å². The van der Waals surface area contributed by atoms with Crippen molar-refractivity contribution < 1.29 is 12.8 Å². The lowest BCUT2D eigenvalue weighted by Gasteiger charge is -2.25. The lowest BCUT2D eigenvalue weighted by Crippen LogP contribution is -2.17. The average molecular weight is 407 g/mol. The minimum absolute atomic E-state index is 0.153. The van der Waals surface area contributed by atoms with E-state index in [1.807, 2.05) is 26.8 Å². The fraction of sp³-hybridized carbons (Fsp3) is 0.545. The predicted octanol–water partition coefficient (Wildman–Crippen LogP) is 5.13. The molecule has 6 heteroatoms. The summed E-state index contributed by atoms with van der Waals surface area (Å²) in [7, 11) is -3.83. The Hall–Kier alpha value is -1.66. The average Bonchev–Trinajstić information content (AvgIpc) is 2.92. The fourth-order valence-corrected chi connectivity index (χ4v) is 5.07. The first-order valence-corrected chi connectivity index (χ1v) is 11.6. The summed E-state index contributed by atoms with van der Waals surface area (Å²) in [5.41, 5.74) is 2.53. The van der Waals surface area contributed by atoms with Crippen LogP contribution in [0.5, 0.6) is 0 Å². The summed E-state index contributed by atoms with van der Waals surface area (Å²) in [5, 5.41) is 5.47. The van der Waals surface area contributed by atoms with Gasteiger partial charge in [0.15, 0.2) is 0 Å². The maximum atomic E-state index is 14.4. The molecule has 0 aliphatic heterocycles. The molecular formula is C22H31FN2O2S. The van der Waals surface area contributed by atoms with E-state index >= 15 is 0 Å². The summed E-state index contributed by atoms with van der Waals surface area (Å²) >= 11 is 0. The van der Waals surface area contributed by atoms with E-state index in [0.29, 0.717) is 17.2 Å². The molecule has 1 aliphatic rings. The van der Waals surface area contributed by atoms with E-state index < -0.39 is 10.0 Å². The maximum absolute atomic E-state index is 14.4. The van der Waals surface area contributed by atoms with Crippen LogP contribution in [0.1, 0.15) is 64.1 Å². The molecule has 0 unspecified atom stereocenters. The molecule has 0 saturated heterocycles. The molecule has 0 spiro atoms. The van der Waals surface area contributed by atoms with Crippen molar-refractivity contribution in [2.24, 2.45) is 11.1 Å². The van der Waals surface area contributed by atoms with Crippen LogP contribution in [0.15, 0.2) is 29.2 Å². The summed E-state index contributed by atoms with van der Waals surface area (Å²) in [6, 6.07) is 6.69. The minimum atomic E-state index is -3.83. The largest absolute Gasteiger partial charge is 0.343 e. The highest BCUT2D eigenvalue weighted by Gasteiger charge is 2.25. The summed E-state index contributed by atoms with van der Waals surface area (Å²) < 4.78 is 40.7. The van der Waals surface area contributed by atoms with Gasteiger partial charge in [0.05, 0.1) is 0 Å². The minimum Gasteiger partial charge on any atom is -0.343 e. The number of sulfonamides is 1. The Labute approximate surface area is 168 Å². The van der Waals surface area contributed by atoms with Gasteiger partial charge < -0.3 is 4.57 Å². The topological polar surface area (TPSA) is 65.1 Å². The lowest BCUT2D eigenvalue weighted by atomic mass is 9.85. The normalized spacial score (nSPS) is 16.5. The molecule has 0 bridgehead atoms. The summed E-state index contributed by atoms with van der Waals surface area (Å²) in [6.45, 7) is 8.48. The zero-order valence-corrected chi connectivity index (χ0v) is 18.1. The monoisotopic (exact) mass is 406 g/mol. The molecule has 1 aromatic carbocycles. The first-order chi connectivity index (χ1) is 13.0. The third-order valence-electron chi connectivity index (χ3n) is 5.86. The molecule has 0 radical (unpaired) electrons. The van der Waals surface area contributed by atoms with Crippen LogP contribution < -0.4 is 5.14 Å². The summed E-state index contributed by atoms with van der Waals surface area (Å²) in [5.74, 6) is 0.277. The van der Waals surface area contributed by atoms with Gasteiger partial charge in [0.1, 0.15) is 10.7 Å². The van der Waals surface area contributed by atoms with Crippen molar-refractivity contribution in [1.82, 2.24) is 4.57 Å². The highest BCUT2D eigenvalue weighted by Crippen LogP contribution is 2.35. The number of nitrogens with two attached hydrogens (primary N) is 1. The van der Waals surface area contributed by atoms with Gasteiger partial charge in [0.25, 0.3) is 0 Å². The van der Waals surface area contributed by atoms with E-state index in [4.69, 9.17) is 5.14 Å². The molecule has 154 valence electrons. The molecule has 28 heavy (non-hydrogen) atoms. The van der Waals surface area contributed by atoms with Crippen LogP contribution in [0.3, 0.4) is 0 Å². The molecule has 2 N–H and O–H groups in total. The molecule has 1 saturated carbocycles. The Kier molecular flexibility index (Phi) is 5.74. The van der Waals surface area contributed by atoms with Crippen molar-refractivity contribution in [2.45, 2.75) is 76.7 Å². The number of rotatable bonds is 4. The van der Waals surface area contributed by atoms with Crippen LogP contribution in [0, 0.1) is 18.7 Å². The second-order valence-electron chi connectivity index (χ2n) is 9.08. The van der Waals surface area contributed by atoms with Gasteiger partial charge in [-0.1, -0.05) is 40.0 Å². The second kappa shape index (κ2) is 7.64. The number of halogens is 1. The Balaban J connectivity index is 2.14. The molecular weight excluding hydrogens is 375 g/mol. The predicted molar refractivity (Wildman–Crippen MR) is 111 cm³/mol. The van der Waals surface area contributed by atoms with Crippen molar-refractivity contribution in [3.05, 3.63) is 41.3 Å². The third-order valence-corrected chi connectivity index (χ3v) is 6.89. The van der Waals surface area contributed by atoms with Crippen LogP contribution in [0.4, 0.5) is 4.39 Å². The first kappa shape index (κ1) is 21.1. The number of hydrogen-bond acceptors (Lipinski definition) is 2. The van der Waals surface area contributed by atoms with Crippen molar-refractivity contribution in [2.75, 3.05) is 0 Å². The van der Waals surface area contributed by atoms with Crippen molar-refractivity contribution >= 4 is 10.0 Å². The van der Waals surface area contributed by atoms with Crippen LogP contribution in [0.2, 0.25) is 0 Å². The highest BCUT2D eigenvalue weighted by molar-refractivity contribution is 7.89. The van der Waals surface area contributed by atoms with Gasteiger partial charge in [-0.05, 0) is 66.5 Å². The van der Waals surface area contributed by atoms with Crippen molar-refractivity contribution in [1.29, 1.82) is 0 Å². The zero-order valence-electron chi connectivity index (χ0n) is 17.3. The fourth-order valence-electron chi connectivity index (χ4n) is 4.27. The van der Waals surface area contributed by atoms with Gasteiger partial charge in [-0.2, -0.15) is 0 Å². The van der Waals surface area contributed by atoms with E-state index in [-0.39, 0.29) is 16.1 Å². The number of primary sulfonamides is 1. The molecule has 4 nitrogen and oxygen atoms in total. The van der Waals surface area contributed by atoms with Crippen LogP contribution in [-0.2, 0) is 22.0 Å². The van der Waals surface area contributed by atoms with Crippen molar-refractivity contribution in [3.8, 4) is 11.3 Å². The van der Waals surface area contributed by atoms with Gasteiger partial charge in [-0.15, -0.1) is 0 Å². The number of benzene rings is 1. The SMILES string of the molecule is Cc1c(S(N)(=O)=O)cc(-c2ccc(F)c(C(C)(C)C)c2)n1CC1CCCCC1. The van der Waals surface area contributed by atoms with Crippen LogP contribution >= 0.6 is 0 Å². The standard InChI is InChI=1S/C22H31FN2O2S/c1-15-21(28(24,26)27)13-20(25(15)14-16-8-6-5-7-9-16)17-10-11-19(23)18(12-17)22(2,3)4/h10-13,16H,5-9,14H2,1-4H3,(H2,24,26,27). The second-order valence-corrected chi connectivity index (χ2v) is 10.6. The van der Waals surface area contributed by atoms with Crippen LogP contribution in [0.25, 0.3) is 11.3 Å². The number of aromatic nitrogens is 1. The summed E-state index contributed by atoms with van der Waals surface area (Å²) in [6.07, 6.45) is 6.00. The first-order valence-electron chi connectivity index (χ1n) is 10.0. The van der Waals surface area contributed by atoms with Gasteiger partial charge in [-0.3, -0.25) is 0 Å². The molecule has 2 aromatic rings. The Morgan fingerprint density at radius 2 is 1.79 bits per heavy atom. The maximum Gasteiger partial charge on any atom is 0.239 e. The Morgan fingerprint density at radius 3 is 2.36 bits per heavy atom. The van der Waals surface area contributed by atoms with E-state index in [1.54, 1.807) is 19.1 Å². The van der Waals surface area contributed by atoms with E-state index in [1.165, 1.54) is 25.3 Å².